The summed E-state index contributed by atoms with van der Waals surface area (Å²) in [5.74, 6) is -0.272. The van der Waals surface area contributed by atoms with Gasteiger partial charge in [0, 0.05) is 45.8 Å². The van der Waals surface area contributed by atoms with Crippen LogP contribution < -0.4 is 9.05 Å². The summed E-state index contributed by atoms with van der Waals surface area (Å²) in [6.45, 7) is -6.81. The number of nitrogens with zero attached hydrogens (tertiary/aromatic N) is 2. The molecule has 2 fully saturated rings. The molecule has 188 valence electrons. The lowest BCUT2D eigenvalue weighted by Gasteiger charge is -2.43. The largest absolute Gasteiger partial charge is 0.417 e. The van der Waals surface area contributed by atoms with E-state index in [1.807, 2.05) is 0 Å². The predicted molar refractivity (Wildman–Crippen MR) is 132 cm³/mol. The molecule has 18 heteroatoms. The standard InChI is InChI=1S/C17H14Cl2N2O10P2S2/c18-11-1-3-15(13(5-11)20(22)23)30-32(34)26-7-17(8-27-32)9-28-33(35,29-10-17)31-16-4-2-12(19)6-14(16)21(24)25/h1-6H,7-10H2. The van der Waals surface area contributed by atoms with Crippen LogP contribution in [0, 0.1) is 25.6 Å². The van der Waals surface area contributed by atoms with Gasteiger partial charge in [-0.3, -0.25) is 38.3 Å². The van der Waals surface area contributed by atoms with E-state index >= 15 is 0 Å². The van der Waals surface area contributed by atoms with Gasteiger partial charge in [-0.05, 0) is 24.3 Å². The molecule has 35 heavy (non-hydrogen) atoms. The zero-order chi connectivity index (χ0) is 25.4. The zero-order valence-corrected chi connectivity index (χ0v) is 22.2. The first-order valence-corrected chi connectivity index (χ1v) is 15.3. The van der Waals surface area contributed by atoms with Gasteiger partial charge in [-0.15, -0.1) is 0 Å². The molecule has 1 spiro atoms. The van der Waals surface area contributed by atoms with Gasteiger partial charge in [-0.1, -0.05) is 23.2 Å². The van der Waals surface area contributed by atoms with Gasteiger partial charge in [0.15, 0.2) is 0 Å². The second kappa shape index (κ2) is 10.1. The Morgan fingerprint density at radius 2 is 1.11 bits per heavy atom. The summed E-state index contributed by atoms with van der Waals surface area (Å²) >= 11 is 22.3. The fourth-order valence-corrected chi connectivity index (χ4v) is 7.28. The molecular weight excluding hydrogens is 589 g/mol. The fourth-order valence-electron chi connectivity index (χ4n) is 2.96. The highest BCUT2D eigenvalue weighted by Crippen LogP contribution is 2.61. The van der Waals surface area contributed by atoms with Crippen molar-refractivity contribution < 1.29 is 37.0 Å². The van der Waals surface area contributed by atoms with Gasteiger partial charge in [0.2, 0.25) is 11.5 Å². The first-order valence-electron chi connectivity index (χ1n) is 9.47. The molecule has 0 N–H and O–H groups in total. The Hall–Kier alpha value is -1.44. The Balaban J connectivity index is 1.40. The molecule has 2 aromatic rings. The number of rotatable bonds is 6. The van der Waals surface area contributed by atoms with E-state index in [9.17, 15) is 20.2 Å². The van der Waals surface area contributed by atoms with E-state index in [1.165, 1.54) is 24.3 Å². The molecule has 0 aromatic heterocycles. The summed E-state index contributed by atoms with van der Waals surface area (Å²) in [7, 11) is 0. The molecule has 2 aliphatic rings. The molecule has 2 saturated heterocycles. The monoisotopic (exact) mass is 602 g/mol. The van der Waals surface area contributed by atoms with Gasteiger partial charge >= 0.3 is 24.8 Å². The lowest BCUT2D eigenvalue weighted by molar-refractivity contribution is -0.385. The van der Waals surface area contributed by atoms with Crippen molar-refractivity contribution in [3.8, 4) is 11.5 Å². The fraction of sp³-hybridized carbons (Fsp3) is 0.294. The lowest BCUT2D eigenvalue weighted by Crippen LogP contribution is -2.46. The summed E-state index contributed by atoms with van der Waals surface area (Å²) in [5.41, 5.74) is -1.57. The van der Waals surface area contributed by atoms with Crippen molar-refractivity contribution in [2.75, 3.05) is 26.4 Å². The third kappa shape index (κ3) is 6.11. The number of nitro groups is 2. The number of nitro benzene ring substituents is 2. The normalized spacial score (nSPS) is 28.4. The van der Waals surface area contributed by atoms with E-state index in [0.29, 0.717) is 0 Å². The summed E-state index contributed by atoms with van der Waals surface area (Å²) in [6.07, 6.45) is 0. The molecule has 2 heterocycles. The minimum atomic E-state index is -3.38. The van der Waals surface area contributed by atoms with E-state index < -0.39 is 28.7 Å². The van der Waals surface area contributed by atoms with Crippen molar-refractivity contribution in [2.24, 2.45) is 5.41 Å². The maximum Gasteiger partial charge on any atom is 0.380 e. The van der Waals surface area contributed by atoms with Gasteiger partial charge in [0.05, 0.1) is 41.7 Å². The predicted octanol–water partition coefficient (Wildman–Crippen LogP) is 5.80. The van der Waals surface area contributed by atoms with Crippen LogP contribution in [0.25, 0.3) is 0 Å². The van der Waals surface area contributed by atoms with Crippen LogP contribution in [0.5, 0.6) is 11.5 Å². The first kappa shape index (κ1) is 26.6. The average molecular weight is 603 g/mol. The number of benzene rings is 2. The highest BCUT2D eigenvalue weighted by molar-refractivity contribution is 8.08. The third-order valence-electron chi connectivity index (χ3n) is 4.77. The van der Waals surface area contributed by atoms with Crippen LogP contribution in [0.2, 0.25) is 10.0 Å². The van der Waals surface area contributed by atoms with E-state index in [0.717, 1.165) is 12.1 Å². The van der Waals surface area contributed by atoms with Crippen molar-refractivity contribution in [3.05, 3.63) is 66.7 Å². The van der Waals surface area contributed by atoms with E-state index in [4.69, 9.17) is 74.0 Å². The Morgan fingerprint density at radius 3 is 1.43 bits per heavy atom. The third-order valence-corrected chi connectivity index (χ3v) is 9.58. The minimum absolute atomic E-state index is 0.0118. The number of halogens is 2. The van der Waals surface area contributed by atoms with E-state index in [-0.39, 0.29) is 59.3 Å². The van der Waals surface area contributed by atoms with Gasteiger partial charge in [0.1, 0.15) is 0 Å². The highest BCUT2D eigenvalue weighted by Gasteiger charge is 2.48. The molecular formula is C17H14Cl2N2O10P2S2. The van der Waals surface area contributed by atoms with Crippen molar-refractivity contribution in [2.45, 2.75) is 0 Å². The Bertz CT molecular complexity index is 1170. The van der Waals surface area contributed by atoms with Crippen molar-refractivity contribution >= 4 is 71.6 Å². The zero-order valence-electron chi connectivity index (χ0n) is 17.2. The van der Waals surface area contributed by atoms with Crippen LogP contribution in [0.1, 0.15) is 0 Å². The maximum atomic E-state index is 11.3. The van der Waals surface area contributed by atoms with Crippen LogP contribution >= 0.6 is 36.6 Å². The van der Waals surface area contributed by atoms with Crippen molar-refractivity contribution in [3.63, 3.8) is 0 Å². The molecule has 2 aromatic carbocycles. The molecule has 0 bridgehead atoms. The molecule has 0 aliphatic carbocycles. The van der Waals surface area contributed by atoms with Gasteiger partial charge in [-0.2, -0.15) is 0 Å². The summed E-state index contributed by atoms with van der Waals surface area (Å²) in [6, 6.07) is 7.70. The molecule has 0 atom stereocenters. The SMILES string of the molecule is O=[N+]([O-])c1cc(Cl)ccc1OP1(=S)OCC2(CO1)COP(=S)(Oc1ccc(Cl)cc1[N+](=O)[O-])OC2. The van der Waals surface area contributed by atoms with Crippen molar-refractivity contribution in [1.82, 2.24) is 0 Å². The smallest absolute Gasteiger partial charge is 0.380 e. The summed E-state index contributed by atoms with van der Waals surface area (Å²) < 4.78 is 33.9. The van der Waals surface area contributed by atoms with Gasteiger partial charge in [-0.25, -0.2) is 0 Å². The van der Waals surface area contributed by atoms with Crippen LogP contribution in [-0.2, 0) is 41.7 Å². The number of hydrogen-bond acceptors (Lipinski definition) is 12. The molecule has 0 unspecified atom stereocenters. The van der Waals surface area contributed by atoms with Crippen LogP contribution in [0.3, 0.4) is 0 Å². The Morgan fingerprint density at radius 1 is 0.771 bits per heavy atom. The lowest BCUT2D eigenvalue weighted by atomic mass is 9.93. The second-order valence-corrected chi connectivity index (χ2v) is 14.2. The van der Waals surface area contributed by atoms with Crippen LogP contribution in [-0.4, -0.2) is 36.3 Å². The molecule has 0 saturated carbocycles. The quantitative estimate of drug-likeness (QED) is 0.224. The van der Waals surface area contributed by atoms with Crippen molar-refractivity contribution in [1.29, 1.82) is 0 Å². The van der Waals surface area contributed by atoms with Crippen LogP contribution in [0.4, 0.5) is 11.4 Å². The highest BCUT2D eigenvalue weighted by atomic mass is 35.5. The molecule has 2 aliphatic heterocycles. The van der Waals surface area contributed by atoms with E-state index in [2.05, 4.69) is 0 Å². The molecule has 12 nitrogen and oxygen atoms in total. The van der Waals surface area contributed by atoms with Gasteiger partial charge in [0.25, 0.3) is 0 Å². The summed E-state index contributed by atoms with van der Waals surface area (Å²) in [4.78, 5) is 21.3. The summed E-state index contributed by atoms with van der Waals surface area (Å²) in [5, 5.41) is 22.9. The minimum Gasteiger partial charge on any atom is -0.417 e. The molecule has 0 radical (unpaired) electrons. The Kier molecular flexibility index (Phi) is 7.71. The number of hydrogen-bond donors (Lipinski definition) is 0. The van der Waals surface area contributed by atoms with E-state index in [1.54, 1.807) is 0 Å². The Labute approximate surface area is 218 Å². The van der Waals surface area contributed by atoms with Crippen LogP contribution in [0.15, 0.2) is 36.4 Å². The first-order chi connectivity index (χ1) is 16.4. The molecule has 4 rings (SSSR count). The average Bonchev–Trinajstić information content (AvgIpc) is 2.80. The second-order valence-electron chi connectivity index (χ2n) is 7.41. The maximum absolute atomic E-state index is 11.3. The molecule has 0 amide bonds. The van der Waals surface area contributed by atoms with Gasteiger partial charge < -0.3 is 9.05 Å². The topological polar surface area (TPSA) is 142 Å².